The second-order valence-electron chi connectivity index (χ2n) is 5.83. The summed E-state index contributed by atoms with van der Waals surface area (Å²) in [5.74, 6) is -0.106. The molecule has 21 heavy (non-hydrogen) atoms. The number of hydrogen-bond acceptors (Lipinski definition) is 4. The SMILES string of the molecule is O=C(CNC(=O)NC1CCS(=O)(=O)C1)NC1CCCCC1. The molecule has 3 amide bonds. The Labute approximate surface area is 125 Å². The molecule has 2 aliphatic rings. The van der Waals surface area contributed by atoms with E-state index < -0.39 is 15.9 Å². The van der Waals surface area contributed by atoms with Gasteiger partial charge in [-0.3, -0.25) is 4.79 Å². The van der Waals surface area contributed by atoms with E-state index >= 15 is 0 Å². The van der Waals surface area contributed by atoms with Gasteiger partial charge < -0.3 is 16.0 Å². The van der Waals surface area contributed by atoms with Crippen LogP contribution >= 0.6 is 0 Å². The first-order chi connectivity index (χ1) is 9.94. The first kappa shape index (κ1) is 16.1. The Hall–Kier alpha value is -1.31. The first-order valence-electron chi connectivity index (χ1n) is 7.49. The molecule has 1 heterocycles. The summed E-state index contributed by atoms with van der Waals surface area (Å²) < 4.78 is 22.5. The summed E-state index contributed by atoms with van der Waals surface area (Å²) in [5.41, 5.74) is 0. The van der Waals surface area contributed by atoms with Crippen molar-refractivity contribution in [3.63, 3.8) is 0 Å². The summed E-state index contributed by atoms with van der Waals surface area (Å²) in [5, 5.41) is 7.96. The van der Waals surface area contributed by atoms with Gasteiger partial charge >= 0.3 is 6.03 Å². The van der Waals surface area contributed by atoms with Crippen molar-refractivity contribution in [2.24, 2.45) is 0 Å². The van der Waals surface area contributed by atoms with Crippen molar-refractivity contribution >= 4 is 21.8 Å². The van der Waals surface area contributed by atoms with Crippen LogP contribution in [0, 0.1) is 0 Å². The van der Waals surface area contributed by atoms with Crippen LogP contribution in [0.25, 0.3) is 0 Å². The van der Waals surface area contributed by atoms with Crippen LogP contribution in [0.4, 0.5) is 4.79 Å². The number of nitrogens with one attached hydrogen (secondary N) is 3. The van der Waals surface area contributed by atoms with Crippen LogP contribution < -0.4 is 16.0 Å². The van der Waals surface area contributed by atoms with E-state index in [9.17, 15) is 18.0 Å². The highest BCUT2D eigenvalue weighted by Crippen LogP contribution is 2.17. The Balaban J connectivity index is 1.63. The van der Waals surface area contributed by atoms with Gasteiger partial charge in [-0.25, -0.2) is 13.2 Å². The fourth-order valence-electron chi connectivity index (χ4n) is 2.83. The van der Waals surface area contributed by atoms with Gasteiger partial charge in [0.25, 0.3) is 0 Å². The Morgan fingerprint density at radius 1 is 0.952 bits per heavy atom. The van der Waals surface area contributed by atoms with Crippen LogP contribution in [0.1, 0.15) is 38.5 Å². The Kier molecular flexibility index (Phi) is 5.44. The molecule has 120 valence electrons. The van der Waals surface area contributed by atoms with Gasteiger partial charge in [-0.1, -0.05) is 19.3 Å². The van der Waals surface area contributed by atoms with Crippen molar-refractivity contribution in [2.45, 2.75) is 50.6 Å². The predicted octanol–water partition coefficient (Wildman–Crippen LogP) is -0.0784. The van der Waals surface area contributed by atoms with E-state index in [0.29, 0.717) is 6.42 Å². The predicted molar refractivity (Wildman–Crippen MR) is 78.6 cm³/mol. The molecule has 1 unspecified atom stereocenters. The Morgan fingerprint density at radius 2 is 1.67 bits per heavy atom. The van der Waals surface area contributed by atoms with Crippen molar-refractivity contribution in [3.05, 3.63) is 0 Å². The van der Waals surface area contributed by atoms with Gasteiger partial charge in [-0.05, 0) is 19.3 Å². The molecule has 2 fully saturated rings. The fourth-order valence-corrected chi connectivity index (χ4v) is 4.50. The highest BCUT2D eigenvalue weighted by Gasteiger charge is 2.28. The van der Waals surface area contributed by atoms with Crippen LogP contribution in [0.15, 0.2) is 0 Å². The van der Waals surface area contributed by atoms with Crippen molar-refractivity contribution in [1.82, 2.24) is 16.0 Å². The number of hydrogen-bond donors (Lipinski definition) is 3. The van der Waals surface area contributed by atoms with E-state index in [1.54, 1.807) is 0 Å². The monoisotopic (exact) mass is 317 g/mol. The minimum atomic E-state index is -3.01. The Bertz CT molecular complexity index is 486. The summed E-state index contributed by atoms with van der Waals surface area (Å²) in [7, 11) is -3.01. The molecule has 0 radical (unpaired) electrons. The van der Waals surface area contributed by atoms with Crippen molar-refractivity contribution in [3.8, 4) is 0 Å². The van der Waals surface area contributed by atoms with E-state index in [-0.39, 0.29) is 36.0 Å². The molecule has 7 nitrogen and oxygen atoms in total. The normalized spacial score (nSPS) is 25.2. The zero-order chi connectivity index (χ0) is 15.3. The van der Waals surface area contributed by atoms with E-state index in [1.165, 1.54) is 6.42 Å². The lowest BCUT2D eigenvalue weighted by molar-refractivity contribution is -0.121. The number of sulfone groups is 1. The van der Waals surface area contributed by atoms with E-state index in [0.717, 1.165) is 25.7 Å². The summed E-state index contributed by atoms with van der Waals surface area (Å²) in [6, 6.07) is -0.622. The molecule has 3 N–H and O–H groups in total. The van der Waals surface area contributed by atoms with Crippen molar-refractivity contribution in [1.29, 1.82) is 0 Å². The molecule has 0 aromatic rings. The van der Waals surface area contributed by atoms with Gasteiger partial charge in [0.1, 0.15) is 0 Å². The highest BCUT2D eigenvalue weighted by molar-refractivity contribution is 7.91. The third-order valence-corrected chi connectivity index (χ3v) is 5.72. The lowest BCUT2D eigenvalue weighted by Gasteiger charge is -2.22. The smallest absolute Gasteiger partial charge is 0.315 e. The maximum absolute atomic E-state index is 11.7. The quantitative estimate of drug-likeness (QED) is 0.674. The molecule has 1 saturated heterocycles. The summed E-state index contributed by atoms with van der Waals surface area (Å²) in [6.45, 7) is -0.0815. The second kappa shape index (κ2) is 7.11. The number of rotatable bonds is 4. The van der Waals surface area contributed by atoms with Gasteiger partial charge in [0, 0.05) is 12.1 Å². The molecule has 0 aromatic carbocycles. The second-order valence-corrected chi connectivity index (χ2v) is 8.06. The summed E-state index contributed by atoms with van der Waals surface area (Å²) in [6.07, 6.45) is 5.92. The maximum atomic E-state index is 11.7. The molecule has 8 heteroatoms. The number of carbonyl (C=O) groups is 2. The fraction of sp³-hybridized carbons (Fsp3) is 0.846. The summed E-state index contributed by atoms with van der Waals surface area (Å²) >= 11 is 0. The molecular weight excluding hydrogens is 294 g/mol. The van der Waals surface area contributed by atoms with Gasteiger partial charge in [-0.2, -0.15) is 0 Å². The number of amides is 3. The first-order valence-corrected chi connectivity index (χ1v) is 9.31. The van der Waals surface area contributed by atoms with E-state index in [2.05, 4.69) is 16.0 Å². The van der Waals surface area contributed by atoms with Crippen molar-refractivity contribution in [2.75, 3.05) is 18.1 Å². The van der Waals surface area contributed by atoms with E-state index in [4.69, 9.17) is 0 Å². The zero-order valence-electron chi connectivity index (χ0n) is 12.1. The molecule has 1 aliphatic carbocycles. The molecule has 0 bridgehead atoms. The van der Waals surface area contributed by atoms with Crippen LogP contribution in [-0.2, 0) is 14.6 Å². The van der Waals surface area contributed by atoms with Gasteiger partial charge in [0.15, 0.2) is 9.84 Å². The lowest BCUT2D eigenvalue weighted by atomic mass is 9.95. The largest absolute Gasteiger partial charge is 0.352 e. The lowest BCUT2D eigenvalue weighted by Crippen LogP contribution is -2.47. The minimum absolute atomic E-state index is 0.0192. The minimum Gasteiger partial charge on any atom is -0.352 e. The van der Waals surface area contributed by atoms with Crippen LogP contribution in [-0.4, -0.2) is 50.5 Å². The summed E-state index contributed by atoms with van der Waals surface area (Å²) in [4.78, 5) is 23.3. The standard InChI is InChI=1S/C13H23N3O4S/c17-12(15-10-4-2-1-3-5-10)8-14-13(18)16-11-6-7-21(19,20)9-11/h10-11H,1-9H2,(H,15,17)(H2,14,16,18). The molecule has 0 spiro atoms. The average molecular weight is 317 g/mol. The van der Waals surface area contributed by atoms with Crippen molar-refractivity contribution < 1.29 is 18.0 Å². The molecule has 1 atom stereocenters. The maximum Gasteiger partial charge on any atom is 0.315 e. The molecule has 2 rings (SSSR count). The molecule has 0 aromatic heterocycles. The molecular formula is C13H23N3O4S. The molecule has 1 aliphatic heterocycles. The highest BCUT2D eigenvalue weighted by atomic mass is 32.2. The van der Waals surface area contributed by atoms with Gasteiger partial charge in [0.05, 0.1) is 18.1 Å². The van der Waals surface area contributed by atoms with Gasteiger partial charge in [0.2, 0.25) is 5.91 Å². The average Bonchev–Trinajstić information content (AvgIpc) is 2.77. The zero-order valence-corrected chi connectivity index (χ0v) is 12.9. The molecule has 1 saturated carbocycles. The third-order valence-electron chi connectivity index (χ3n) is 3.95. The third kappa shape index (κ3) is 5.53. The van der Waals surface area contributed by atoms with Crippen LogP contribution in [0.5, 0.6) is 0 Å². The Morgan fingerprint density at radius 3 is 2.29 bits per heavy atom. The topological polar surface area (TPSA) is 104 Å². The number of carbonyl (C=O) groups excluding carboxylic acids is 2. The van der Waals surface area contributed by atoms with Crippen LogP contribution in [0.2, 0.25) is 0 Å². The van der Waals surface area contributed by atoms with E-state index in [1.807, 2.05) is 0 Å². The number of urea groups is 1. The van der Waals surface area contributed by atoms with Gasteiger partial charge in [-0.15, -0.1) is 0 Å². The van der Waals surface area contributed by atoms with Crippen LogP contribution in [0.3, 0.4) is 0 Å².